The summed E-state index contributed by atoms with van der Waals surface area (Å²) in [6.45, 7) is 0. The van der Waals surface area contributed by atoms with E-state index in [-0.39, 0.29) is 17.4 Å². The van der Waals surface area contributed by atoms with E-state index in [9.17, 15) is 8.78 Å². The number of hydrogen-bond acceptors (Lipinski definition) is 4. The number of aromatic nitrogens is 1. The monoisotopic (exact) mass is 261 g/mol. The van der Waals surface area contributed by atoms with Gasteiger partial charge in [-0.2, -0.15) is 10.2 Å². The standard InChI is InChI=1S/C13H9F2N3O/c1-17-12-10(14)6-11(15)13(18-12)19-9-4-2-3-8(5-9)7-16/h2-6H,1H3,(H,17,18). The number of halogens is 2. The smallest absolute Gasteiger partial charge is 0.258 e. The van der Waals surface area contributed by atoms with E-state index in [1.165, 1.54) is 13.1 Å². The van der Waals surface area contributed by atoms with Crippen molar-refractivity contribution in [2.75, 3.05) is 12.4 Å². The van der Waals surface area contributed by atoms with Gasteiger partial charge in [-0.05, 0) is 18.2 Å². The summed E-state index contributed by atoms with van der Waals surface area (Å²) in [6.07, 6.45) is 0. The molecule has 0 amide bonds. The summed E-state index contributed by atoms with van der Waals surface area (Å²) in [5, 5.41) is 11.2. The van der Waals surface area contributed by atoms with Gasteiger partial charge in [-0.15, -0.1) is 0 Å². The highest BCUT2D eigenvalue weighted by Crippen LogP contribution is 2.26. The van der Waals surface area contributed by atoms with E-state index < -0.39 is 11.6 Å². The van der Waals surface area contributed by atoms with Crippen LogP contribution in [0.25, 0.3) is 0 Å². The van der Waals surface area contributed by atoms with Gasteiger partial charge in [-0.1, -0.05) is 6.07 Å². The van der Waals surface area contributed by atoms with Crippen molar-refractivity contribution in [3.63, 3.8) is 0 Å². The van der Waals surface area contributed by atoms with Crippen LogP contribution in [0.4, 0.5) is 14.6 Å². The molecule has 19 heavy (non-hydrogen) atoms. The molecule has 2 aromatic rings. The van der Waals surface area contributed by atoms with Crippen molar-refractivity contribution in [2.45, 2.75) is 0 Å². The molecule has 0 aliphatic carbocycles. The van der Waals surface area contributed by atoms with Crippen LogP contribution in [-0.4, -0.2) is 12.0 Å². The van der Waals surface area contributed by atoms with Gasteiger partial charge >= 0.3 is 0 Å². The zero-order chi connectivity index (χ0) is 13.8. The average Bonchev–Trinajstić information content (AvgIpc) is 2.42. The number of rotatable bonds is 3. The Morgan fingerprint density at radius 2 is 2.05 bits per heavy atom. The number of nitriles is 1. The number of nitrogens with one attached hydrogen (secondary N) is 1. The number of nitrogens with zero attached hydrogens (tertiary/aromatic N) is 2. The molecule has 2 rings (SSSR count). The van der Waals surface area contributed by atoms with Crippen LogP contribution in [0.15, 0.2) is 30.3 Å². The topological polar surface area (TPSA) is 57.9 Å². The van der Waals surface area contributed by atoms with Crippen LogP contribution in [0.1, 0.15) is 5.56 Å². The van der Waals surface area contributed by atoms with Gasteiger partial charge in [0.05, 0.1) is 11.6 Å². The minimum Gasteiger partial charge on any atom is -0.436 e. The largest absolute Gasteiger partial charge is 0.436 e. The van der Waals surface area contributed by atoms with E-state index >= 15 is 0 Å². The molecule has 0 fully saturated rings. The molecule has 0 aliphatic rings. The SMILES string of the molecule is CNc1nc(Oc2cccc(C#N)c2)c(F)cc1F. The van der Waals surface area contributed by atoms with Gasteiger partial charge in [0.15, 0.2) is 17.5 Å². The van der Waals surface area contributed by atoms with Crippen molar-refractivity contribution >= 4 is 5.82 Å². The lowest BCUT2D eigenvalue weighted by molar-refractivity contribution is 0.418. The van der Waals surface area contributed by atoms with E-state index in [1.807, 2.05) is 6.07 Å². The van der Waals surface area contributed by atoms with Crippen molar-refractivity contribution < 1.29 is 13.5 Å². The first-order chi connectivity index (χ1) is 9.13. The van der Waals surface area contributed by atoms with Crippen molar-refractivity contribution in [3.05, 3.63) is 47.5 Å². The Labute approximate surface area is 108 Å². The van der Waals surface area contributed by atoms with Gasteiger partial charge in [0.1, 0.15) is 5.75 Å². The lowest BCUT2D eigenvalue weighted by Crippen LogP contribution is -2.01. The molecular weight excluding hydrogens is 252 g/mol. The molecule has 0 saturated carbocycles. The van der Waals surface area contributed by atoms with Crippen molar-refractivity contribution in [1.29, 1.82) is 5.26 Å². The fourth-order valence-electron chi connectivity index (χ4n) is 1.44. The van der Waals surface area contributed by atoms with Crippen LogP contribution >= 0.6 is 0 Å². The summed E-state index contributed by atoms with van der Waals surface area (Å²) in [5.41, 5.74) is 0.369. The number of hydrogen-bond donors (Lipinski definition) is 1. The third kappa shape index (κ3) is 2.77. The number of anilines is 1. The van der Waals surface area contributed by atoms with Crippen molar-refractivity contribution in [3.8, 4) is 17.7 Å². The van der Waals surface area contributed by atoms with Crippen molar-refractivity contribution in [2.24, 2.45) is 0 Å². The van der Waals surface area contributed by atoms with E-state index in [1.54, 1.807) is 18.2 Å². The highest BCUT2D eigenvalue weighted by Gasteiger charge is 2.13. The van der Waals surface area contributed by atoms with Gasteiger partial charge in [0.2, 0.25) is 0 Å². The van der Waals surface area contributed by atoms with Crippen LogP contribution in [0.5, 0.6) is 11.6 Å². The molecule has 0 saturated heterocycles. The van der Waals surface area contributed by atoms with Crippen LogP contribution in [0.3, 0.4) is 0 Å². The molecule has 1 heterocycles. The Balaban J connectivity index is 2.35. The van der Waals surface area contributed by atoms with Crippen LogP contribution in [0, 0.1) is 23.0 Å². The average molecular weight is 261 g/mol. The maximum atomic E-state index is 13.5. The van der Waals surface area contributed by atoms with Gasteiger partial charge < -0.3 is 10.1 Å². The first-order valence-electron chi connectivity index (χ1n) is 5.36. The predicted molar refractivity (Wildman–Crippen MR) is 64.9 cm³/mol. The molecule has 0 unspecified atom stereocenters. The molecule has 0 aliphatic heterocycles. The second kappa shape index (κ2) is 5.31. The fraction of sp³-hybridized carbons (Fsp3) is 0.0769. The van der Waals surface area contributed by atoms with Gasteiger partial charge in [-0.25, -0.2) is 8.78 Å². The molecule has 1 aromatic carbocycles. The zero-order valence-corrected chi connectivity index (χ0v) is 9.95. The second-order valence-electron chi connectivity index (χ2n) is 3.60. The Bertz CT molecular complexity index is 653. The summed E-state index contributed by atoms with van der Waals surface area (Å²) in [4.78, 5) is 3.67. The summed E-state index contributed by atoms with van der Waals surface area (Å²) in [6, 6.07) is 8.77. The van der Waals surface area contributed by atoms with Crippen LogP contribution in [-0.2, 0) is 0 Å². The third-order valence-corrected chi connectivity index (χ3v) is 2.31. The molecule has 0 bridgehead atoms. The maximum absolute atomic E-state index is 13.5. The normalized spacial score (nSPS) is 9.79. The minimum absolute atomic E-state index is 0.118. The second-order valence-corrected chi connectivity index (χ2v) is 3.60. The Morgan fingerprint density at radius 1 is 1.26 bits per heavy atom. The zero-order valence-electron chi connectivity index (χ0n) is 9.95. The van der Waals surface area contributed by atoms with Gasteiger partial charge in [0, 0.05) is 13.1 Å². The molecule has 1 aromatic heterocycles. The molecule has 1 N–H and O–H groups in total. The summed E-state index contributed by atoms with van der Waals surface area (Å²) >= 11 is 0. The first-order valence-corrected chi connectivity index (χ1v) is 5.36. The molecule has 0 radical (unpaired) electrons. The Morgan fingerprint density at radius 3 is 2.74 bits per heavy atom. The molecule has 96 valence electrons. The molecular formula is C13H9F2N3O. The quantitative estimate of drug-likeness (QED) is 0.922. The van der Waals surface area contributed by atoms with E-state index in [2.05, 4.69) is 10.3 Å². The van der Waals surface area contributed by atoms with E-state index in [4.69, 9.17) is 10.00 Å². The summed E-state index contributed by atoms with van der Waals surface area (Å²) < 4.78 is 31.9. The lowest BCUT2D eigenvalue weighted by atomic mass is 10.2. The van der Waals surface area contributed by atoms with Crippen molar-refractivity contribution in [1.82, 2.24) is 4.98 Å². The minimum atomic E-state index is -0.918. The van der Waals surface area contributed by atoms with E-state index in [0.717, 1.165) is 0 Å². The van der Waals surface area contributed by atoms with E-state index in [0.29, 0.717) is 11.6 Å². The molecule has 0 spiro atoms. The molecule has 6 heteroatoms. The number of benzene rings is 1. The fourth-order valence-corrected chi connectivity index (χ4v) is 1.44. The number of pyridine rings is 1. The van der Waals surface area contributed by atoms with Crippen LogP contribution in [0.2, 0.25) is 0 Å². The third-order valence-electron chi connectivity index (χ3n) is 2.31. The predicted octanol–water partition coefficient (Wildman–Crippen LogP) is 3.07. The van der Waals surface area contributed by atoms with Gasteiger partial charge in [0.25, 0.3) is 5.88 Å². The first kappa shape index (κ1) is 12.8. The Kier molecular flexibility index (Phi) is 3.57. The maximum Gasteiger partial charge on any atom is 0.258 e. The highest BCUT2D eigenvalue weighted by molar-refractivity contribution is 5.42. The summed E-state index contributed by atoms with van der Waals surface area (Å²) in [7, 11) is 1.46. The van der Waals surface area contributed by atoms with Gasteiger partial charge in [-0.3, -0.25) is 0 Å². The highest BCUT2D eigenvalue weighted by atomic mass is 19.1. The van der Waals surface area contributed by atoms with Crippen LogP contribution < -0.4 is 10.1 Å². The Hall–Kier alpha value is -2.68. The lowest BCUT2D eigenvalue weighted by Gasteiger charge is -2.08. The summed E-state index contributed by atoms with van der Waals surface area (Å²) in [5.74, 6) is -1.95. The number of ether oxygens (including phenoxy) is 1. The molecule has 4 nitrogen and oxygen atoms in total. The molecule has 0 atom stereocenters.